The number of amides is 1. The maximum atomic E-state index is 12.2. The van der Waals surface area contributed by atoms with Gasteiger partial charge in [-0.3, -0.25) is 4.79 Å². The van der Waals surface area contributed by atoms with E-state index in [2.05, 4.69) is 17.2 Å². The Labute approximate surface area is 149 Å². The Morgan fingerprint density at radius 1 is 1.21 bits per heavy atom. The SMILES string of the molecule is CCc1ccc(CC(=O)Nc2nc3c(OC)ccc(Cl)c3s2)cc1. The van der Waals surface area contributed by atoms with Crippen LogP contribution in [0.1, 0.15) is 18.1 Å². The molecule has 3 rings (SSSR count). The van der Waals surface area contributed by atoms with Crippen LogP contribution in [0.3, 0.4) is 0 Å². The first-order valence-corrected chi connectivity index (χ1v) is 8.81. The van der Waals surface area contributed by atoms with Crippen LogP contribution in [0.2, 0.25) is 5.02 Å². The van der Waals surface area contributed by atoms with E-state index in [1.54, 1.807) is 19.2 Å². The van der Waals surface area contributed by atoms with E-state index in [-0.39, 0.29) is 5.91 Å². The van der Waals surface area contributed by atoms with Crippen LogP contribution in [0.25, 0.3) is 10.2 Å². The number of fused-ring (bicyclic) bond motifs is 1. The number of ether oxygens (including phenoxy) is 1. The summed E-state index contributed by atoms with van der Waals surface area (Å²) in [5.41, 5.74) is 2.89. The summed E-state index contributed by atoms with van der Waals surface area (Å²) in [7, 11) is 1.58. The molecule has 0 aliphatic carbocycles. The van der Waals surface area contributed by atoms with Crippen molar-refractivity contribution in [1.29, 1.82) is 0 Å². The molecule has 124 valence electrons. The Kier molecular flexibility index (Phi) is 5.02. The summed E-state index contributed by atoms with van der Waals surface area (Å²) in [5, 5.41) is 3.96. The van der Waals surface area contributed by atoms with Gasteiger partial charge in [0.1, 0.15) is 11.3 Å². The van der Waals surface area contributed by atoms with Crippen LogP contribution < -0.4 is 10.1 Å². The minimum absolute atomic E-state index is 0.103. The van der Waals surface area contributed by atoms with Crippen LogP contribution in [0.15, 0.2) is 36.4 Å². The van der Waals surface area contributed by atoms with Crippen molar-refractivity contribution >= 4 is 44.2 Å². The number of anilines is 1. The van der Waals surface area contributed by atoms with Gasteiger partial charge in [0.05, 0.1) is 23.3 Å². The van der Waals surface area contributed by atoms with Crippen molar-refractivity contribution < 1.29 is 9.53 Å². The first-order chi connectivity index (χ1) is 11.6. The maximum absolute atomic E-state index is 12.2. The average Bonchev–Trinajstić information content (AvgIpc) is 3.00. The van der Waals surface area contributed by atoms with Gasteiger partial charge >= 0.3 is 0 Å². The molecule has 0 atom stereocenters. The molecule has 0 aliphatic heterocycles. The molecule has 4 nitrogen and oxygen atoms in total. The molecule has 0 radical (unpaired) electrons. The number of nitrogens with zero attached hydrogens (tertiary/aromatic N) is 1. The molecule has 1 N–H and O–H groups in total. The molecule has 0 fully saturated rings. The molecule has 2 aromatic carbocycles. The highest BCUT2D eigenvalue weighted by Gasteiger charge is 2.14. The molecule has 3 aromatic rings. The fourth-order valence-electron chi connectivity index (χ4n) is 2.41. The third-order valence-electron chi connectivity index (χ3n) is 3.72. The quantitative estimate of drug-likeness (QED) is 0.717. The van der Waals surface area contributed by atoms with E-state index < -0.39 is 0 Å². The van der Waals surface area contributed by atoms with Gasteiger partial charge in [-0.05, 0) is 29.7 Å². The Hall–Kier alpha value is -2.11. The van der Waals surface area contributed by atoms with Gasteiger partial charge < -0.3 is 10.1 Å². The largest absolute Gasteiger partial charge is 0.494 e. The number of hydrogen-bond acceptors (Lipinski definition) is 4. The number of rotatable bonds is 5. The number of aryl methyl sites for hydroxylation is 1. The lowest BCUT2D eigenvalue weighted by Crippen LogP contribution is -2.14. The van der Waals surface area contributed by atoms with Gasteiger partial charge in [-0.2, -0.15) is 0 Å². The van der Waals surface area contributed by atoms with Crippen LogP contribution in [-0.2, 0) is 17.6 Å². The van der Waals surface area contributed by atoms with Crippen molar-refractivity contribution in [3.63, 3.8) is 0 Å². The van der Waals surface area contributed by atoms with Crippen LogP contribution in [-0.4, -0.2) is 18.0 Å². The zero-order valence-electron chi connectivity index (χ0n) is 13.4. The molecule has 24 heavy (non-hydrogen) atoms. The lowest BCUT2D eigenvalue weighted by Gasteiger charge is -2.03. The van der Waals surface area contributed by atoms with Crippen molar-refractivity contribution in [1.82, 2.24) is 4.98 Å². The summed E-state index contributed by atoms with van der Waals surface area (Å²) in [4.78, 5) is 16.7. The van der Waals surface area contributed by atoms with Crippen molar-refractivity contribution in [2.75, 3.05) is 12.4 Å². The highest BCUT2D eigenvalue weighted by atomic mass is 35.5. The van der Waals surface area contributed by atoms with Gasteiger partial charge in [-0.25, -0.2) is 4.98 Å². The van der Waals surface area contributed by atoms with Crippen LogP contribution in [0.4, 0.5) is 5.13 Å². The lowest BCUT2D eigenvalue weighted by molar-refractivity contribution is -0.115. The number of thiazole rings is 1. The van der Waals surface area contributed by atoms with E-state index in [0.29, 0.717) is 27.8 Å². The minimum Gasteiger partial charge on any atom is -0.494 e. The second-order valence-corrected chi connectivity index (χ2v) is 6.75. The molecule has 6 heteroatoms. The van der Waals surface area contributed by atoms with Gasteiger partial charge in [0.25, 0.3) is 0 Å². The Morgan fingerprint density at radius 3 is 2.58 bits per heavy atom. The molecule has 1 heterocycles. The van der Waals surface area contributed by atoms with E-state index in [1.165, 1.54) is 16.9 Å². The lowest BCUT2D eigenvalue weighted by atomic mass is 10.1. The van der Waals surface area contributed by atoms with Crippen molar-refractivity contribution in [3.05, 3.63) is 52.5 Å². The van der Waals surface area contributed by atoms with Gasteiger partial charge in [-0.15, -0.1) is 0 Å². The zero-order valence-corrected chi connectivity index (χ0v) is 15.0. The fraction of sp³-hybridized carbons (Fsp3) is 0.222. The summed E-state index contributed by atoms with van der Waals surface area (Å²) >= 11 is 7.54. The number of carbonyl (C=O) groups excluding carboxylic acids is 1. The number of carbonyl (C=O) groups is 1. The Morgan fingerprint density at radius 2 is 1.92 bits per heavy atom. The summed E-state index contributed by atoms with van der Waals surface area (Å²) < 4.78 is 6.10. The van der Waals surface area contributed by atoms with Crippen molar-refractivity contribution in [3.8, 4) is 5.75 Å². The smallest absolute Gasteiger partial charge is 0.230 e. The van der Waals surface area contributed by atoms with E-state index in [0.717, 1.165) is 16.7 Å². The normalized spacial score (nSPS) is 10.8. The van der Waals surface area contributed by atoms with Gasteiger partial charge in [0, 0.05) is 0 Å². The average molecular weight is 361 g/mol. The zero-order chi connectivity index (χ0) is 17.1. The fourth-order valence-corrected chi connectivity index (χ4v) is 3.58. The molecule has 0 saturated carbocycles. The molecular weight excluding hydrogens is 344 g/mol. The predicted molar refractivity (Wildman–Crippen MR) is 99.3 cm³/mol. The molecule has 0 spiro atoms. The van der Waals surface area contributed by atoms with Crippen molar-refractivity contribution in [2.24, 2.45) is 0 Å². The summed E-state index contributed by atoms with van der Waals surface area (Å²) in [5.74, 6) is 0.537. The third kappa shape index (κ3) is 3.52. The molecule has 1 amide bonds. The summed E-state index contributed by atoms with van der Waals surface area (Å²) in [6.07, 6.45) is 1.30. The van der Waals surface area contributed by atoms with Crippen molar-refractivity contribution in [2.45, 2.75) is 19.8 Å². The molecule has 1 aromatic heterocycles. The second kappa shape index (κ2) is 7.20. The predicted octanol–water partition coefficient (Wildman–Crippen LogP) is 4.70. The highest BCUT2D eigenvalue weighted by molar-refractivity contribution is 7.23. The van der Waals surface area contributed by atoms with Gasteiger partial charge in [0.15, 0.2) is 5.13 Å². The van der Waals surface area contributed by atoms with E-state index in [9.17, 15) is 4.79 Å². The molecule has 0 bridgehead atoms. The number of hydrogen-bond donors (Lipinski definition) is 1. The summed E-state index contributed by atoms with van der Waals surface area (Å²) in [6.45, 7) is 2.11. The molecule has 0 saturated heterocycles. The number of aromatic nitrogens is 1. The molecular formula is C18H17ClN2O2S. The number of methoxy groups -OCH3 is 1. The van der Waals surface area contributed by atoms with E-state index >= 15 is 0 Å². The first-order valence-electron chi connectivity index (χ1n) is 7.61. The van der Waals surface area contributed by atoms with Crippen LogP contribution in [0, 0.1) is 0 Å². The highest BCUT2D eigenvalue weighted by Crippen LogP contribution is 2.37. The molecule has 0 unspecified atom stereocenters. The van der Waals surface area contributed by atoms with E-state index in [1.807, 2.05) is 24.3 Å². The number of benzene rings is 2. The second-order valence-electron chi connectivity index (χ2n) is 5.34. The van der Waals surface area contributed by atoms with E-state index in [4.69, 9.17) is 16.3 Å². The number of halogens is 1. The van der Waals surface area contributed by atoms with Gasteiger partial charge in [0.2, 0.25) is 5.91 Å². The maximum Gasteiger partial charge on any atom is 0.230 e. The number of nitrogens with one attached hydrogen (secondary N) is 1. The monoisotopic (exact) mass is 360 g/mol. The summed E-state index contributed by atoms with van der Waals surface area (Å²) in [6, 6.07) is 11.6. The molecule has 0 aliphatic rings. The Bertz CT molecular complexity index is 875. The van der Waals surface area contributed by atoms with Crippen LogP contribution in [0.5, 0.6) is 5.75 Å². The third-order valence-corrected chi connectivity index (χ3v) is 5.15. The van der Waals surface area contributed by atoms with Gasteiger partial charge in [-0.1, -0.05) is 54.1 Å². The standard InChI is InChI=1S/C18H17ClN2O2S/c1-3-11-4-6-12(7-5-11)10-15(22)20-18-21-16-14(23-2)9-8-13(19)17(16)24-18/h4-9H,3,10H2,1-2H3,(H,20,21,22). The minimum atomic E-state index is -0.103. The Balaban J connectivity index is 1.76. The van der Waals surface area contributed by atoms with Crippen LogP contribution >= 0.6 is 22.9 Å². The topological polar surface area (TPSA) is 51.2 Å². The first kappa shape index (κ1) is 16.7.